The summed E-state index contributed by atoms with van der Waals surface area (Å²) in [6, 6.07) is 14.5. The third-order valence-corrected chi connectivity index (χ3v) is 6.67. The molecule has 0 aromatic heterocycles. The Kier molecular flexibility index (Phi) is 3.70. The molecule has 3 nitrogen and oxygen atoms in total. The van der Waals surface area contributed by atoms with Gasteiger partial charge < -0.3 is 0 Å². The molecule has 5 unspecified atom stereocenters. The third kappa shape index (κ3) is 2.43. The average molecular weight is 385 g/mol. The van der Waals surface area contributed by atoms with Gasteiger partial charge in [0.1, 0.15) is 0 Å². The number of alkyl halides is 3. The number of benzene rings is 2. The summed E-state index contributed by atoms with van der Waals surface area (Å²) in [4.78, 5) is 27.2. The second kappa shape index (κ2) is 5.93. The standard InChI is InChI=1S/C22H18F3NO2/c23-22(24,25)14-7-4-8-15(11-14)26-20(27)18-13-9-16(12-5-2-1-3-6-12)17(10-13)19(18)21(26)28/h1-8,11,13,16-19H,9-10H2. The molecule has 1 heterocycles. The molecule has 2 amide bonds. The summed E-state index contributed by atoms with van der Waals surface area (Å²) in [6.07, 6.45) is -2.83. The number of carbonyl (C=O) groups is 2. The lowest BCUT2D eigenvalue weighted by Crippen LogP contribution is -2.33. The summed E-state index contributed by atoms with van der Waals surface area (Å²) in [7, 11) is 0. The Morgan fingerprint density at radius 2 is 1.57 bits per heavy atom. The molecule has 2 saturated carbocycles. The number of nitrogens with zero attached hydrogens (tertiary/aromatic N) is 1. The molecular formula is C22H18F3NO2. The Hall–Kier alpha value is -2.63. The molecule has 3 fully saturated rings. The van der Waals surface area contributed by atoms with Gasteiger partial charge in [-0.3, -0.25) is 14.5 Å². The van der Waals surface area contributed by atoms with Crippen molar-refractivity contribution in [3.05, 3.63) is 65.7 Å². The van der Waals surface area contributed by atoms with E-state index in [0.717, 1.165) is 29.9 Å². The molecular weight excluding hydrogens is 367 g/mol. The van der Waals surface area contributed by atoms with Crippen LogP contribution >= 0.6 is 0 Å². The lowest BCUT2D eigenvalue weighted by atomic mass is 9.73. The number of anilines is 1. The minimum absolute atomic E-state index is 0.0230. The van der Waals surface area contributed by atoms with E-state index in [9.17, 15) is 22.8 Å². The zero-order chi connectivity index (χ0) is 19.6. The van der Waals surface area contributed by atoms with E-state index in [0.29, 0.717) is 0 Å². The zero-order valence-corrected chi connectivity index (χ0v) is 14.9. The van der Waals surface area contributed by atoms with E-state index in [1.54, 1.807) is 0 Å². The van der Waals surface area contributed by atoms with Crippen LogP contribution in [0.5, 0.6) is 0 Å². The fourth-order valence-electron chi connectivity index (χ4n) is 5.62. The van der Waals surface area contributed by atoms with Crippen molar-refractivity contribution in [1.82, 2.24) is 0 Å². The number of fused-ring (bicyclic) bond motifs is 5. The molecule has 6 heteroatoms. The summed E-state index contributed by atoms with van der Waals surface area (Å²) in [5, 5.41) is 0. The number of hydrogen-bond acceptors (Lipinski definition) is 2. The molecule has 2 bridgehead atoms. The normalized spacial score (nSPS) is 31.5. The molecule has 28 heavy (non-hydrogen) atoms. The van der Waals surface area contributed by atoms with Gasteiger partial charge in [0, 0.05) is 0 Å². The predicted molar refractivity (Wildman–Crippen MR) is 96.3 cm³/mol. The first-order valence-corrected chi connectivity index (χ1v) is 9.46. The second-order valence-corrected chi connectivity index (χ2v) is 8.02. The van der Waals surface area contributed by atoms with Crippen molar-refractivity contribution in [1.29, 1.82) is 0 Å². The monoisotopic (exact) mass is 385 g/mol. The first kappa shape index (κ1) is 17.5. The van der Waals surface area contributed by atoms with Crippen LogP contribution in [0.1, 0.15) is 29.9 Å². The second-order valence-electron chi connectivity index (χ2n) is 8.02. The van der Waals surface area contributed by atoms with Crippen LogP contribution < -0.4 is 4.90 Å². The number of carbonyl (C=O) groups excluding carboxylic acids is 2. The quantitative estimate of drug-likeness (QED) is 0.707. The van der Waals surface area contributed by atoms with E-state index in [1.807, 2.05) is 30.3 Å². The minimum Gasteiger partial charge on any atom is -0.274 e. The molecule has 0 spiro atoms. The van der Waals surface area contributed by atoms with E-state index < -0.39 is 23.6 Å². The Morgan fingerprint density at radius 1 is 0.857 bits per heavy atom. The smallest absolute Gasteiger partial charge is 0.274 e. The fourth-order valence-corrected chi connectivity index (χ4v) is 5.62. The third-order valence-electron chi connectivity index (χ3n) is 6.67. The largest absolute Gasteiger partial charge is 0.416 e. The lowest BCUT2D eigenvalue weighted by molar-refractivity contribution is -0.137. The number of imide groups is 1. The van der Waals surface area contributed by atoms with Gasteiger partial charge in [-0.1, -0.05) is 36.4 Å². The van der Waals surface area contributed by atoms with Crippen LogP contribution in [0.3, 0.4) is 0 Å². The molecule has 5 rings (SSSR count). The molecule has 1 aliphatic heterocycles. The molecule has 5 atom stereocenters. The highest BCUT2D eigenvalue weighted by Gasteiger charge is 2.64. The molecule has 2 aromatic carbocycles. The molecule has 0 N–H and O–H groups in total. The number of hydrogen-bond donors (Lipinski definition) is 0. The van der Waals surface area contributed by atoms with E-state index in [1.165, 1.54) is 17.7 Å². The van der Waals surface area contributed by atoms with Crippen molar-refractivity contribution in [2.75, 3.05) is 4.90 Å². The molecule has 3 aliphatic rings. The number of rotatable bonds is 2. The van der Waals surface area contributed by atoms with Crippen LogP contribution in [0.4, 0.5) is 18.9 Å². The number of halogens is 3. The van der Waals surface area contributed by atoms with Gasteiger partial charge >= 0.3 is 6.18 Å². The van der Waals surface area contributed by atoms with Crippen LogP contribution in [0.25, 0.3) is 0 Å². The van der Waals surface area contributed by atoms with Gasteiger partial charge in [-0.15, -0.1) is 0 Å². The van der Waals surface area contributed by atoms with Crippen LogP contribution in [0, 0.1) is 23.7 Å². The maximum Gasteiger partial charge on any atom is 0.416 e. The van der Waals surface area contributed by atoms with Gasteiger partial charge in [0.05, 0.1) is 23.1 Å². The van der Waals surface area contributed by atoms with Gasteiger partial charge in [0.25, 0.3) is 0 Å². The Morgan fingerprint density at radius 3 is 2.29 bits per heavy atom. The first-order chi connectivity index (χ1) is 13.4. The van der Waals surface area contributed by atoms with Crippen molar-refractivity contribution in [2.24, 2.45) is 23.7 Å². The van der Waals surface area contributed by atoms with Crippen molar-refractivity contribution in [3.63, 3.8) is 0 Å². The minimum atomic E-state index is -4.52. The zero-order valence-electron chi connectivity index (χ0n) is 14.9. The molecule has 0 radical (unpaired) electrons. The summed E-state index contributed by atoms with van der Waals surface area (Å²) in [5.74, 6) is -1.09. The highest BCUT2D eigenvalue weighted by Crippen LogP contribution is 2.61. The molecule has 1 saturated heterocycles. The van der Waals surface area contributed by atoms with Gasteiger partial charge in [0.2, 0.25) is 11.8 Å². The first-order valence-electron chi connectivity index (χ1n) is 9.46. The molecule has 2 aliphatic carbocycles. The van der Waals surface area contributed by atoms with Gasteiger partial charge in [-0.2, -0.15) is 13.2 Å². The van der Waals surface area contributed by atoms with E-state index >= 15 is 0 Å². The van der Waals surface area contributed by atoms with E-state index in [4.69, 9.17) is 0 Å². The van der Waals surface area contributed by atoms with Gasteiger partial charge in [-0.05, 0) is 54.4 Å². The van der Waals surface area contributed by atoms with E-state index in [-0.39, 0.29) is 35.3 Å². The fraction of sp³-hybridized carbons (Fsp3) is 0.364. The van der Waals surface area contributed by atoms with Crippen LogP contribution in [-0.2, 0) is 15.8 Å². The molecule has 144 valence electrons. The highest BCUT2D eigenvalue weighted by molar-refractivity contribution is 6.22. The van der Waals surface area contributed by atoms with Crippen LogP contribution in [0.15, 0.2) is 54.6 Å². The Bertz CT molecular complexity index is 956. The van der Waals surface area contributed by atoms with Crippen molar-refractivity contribution in [3.8, 4) is 0 Å². The van der Waals surface area contributed by atoms with Crippen LogP contribution in [-0.4, -0.2) is 11.8 Å². The van der Waals surface area contributed by atoms with Gasteiger partial charge in [-0.25, -0.2) is 0 Å². The number of amides is 2. The van der Waals surface area contributed by atoms with Crippen molar-refractivity contribution in [2.45, 2.75) is 24.9 Å². The maximum atomic E-state index is 13.1. The Labute approximate surface area is 160 Å². The lowest BCUT2D eigenvalue weighted by Gasteiger charge is -2.28. The van der Waals surface area contributed by atoms with Crippen LogP contribution in [0.2, 0.25) is 0 Å². The SMILES string of the molecule is O=C1C2C3CC(c4ccccc4)C(C3)C2C(=O)N1c1cccc(C(F)(F)F)c1. The Balaban J connectivity index is 1.48. The summed E-state index contributed by atoms with van der Waals surface area (Å²) in [6.45, 7) is 0. The average Bonchev–Trinajstić information content (AvgIpc) is 3.33. The predicted octanol–water partition coefficient (Wildman–Crippen LogP) is 4.63. The summed E-state index contributed by atoms with van der Waals surface area (Å²) in [5.41, 5.74) is 0.342. The molecule has 2 aromatic rings. The maximum absolute atomic E-state index is 13.1. The van der Waals surface area contributed by atoms with E-state index in [2.05, 4.69) is 0 Å². The topological polar surface area (TPSA) is 37.4 Å². The van der Waals surface area contributed by atoms with Crippen molar-refractivity contribution >= 4 is 17.5 Å². The highest BCUT2D eigenvalue weighted by atomic mass is 19.4. The van der Waals surface area contributed by atoms with Gasteiger partial charge in [0.15, 0.2) is 0 Å². The summed E-state index contributed by atoms with van der Waals surface area (Å²) >= 11 is 0. The van der Waals surface area contributed by atoms with Crippen molar-refractivity contribution < 1.29 is 22.8 Å². The summed E-state index contributed by atoms with van der Waals surface area (Å²) < 4.78 is 39.2.